The molecule has 0 spiro atoms. The highest BCUT2D eigenvalue weighted by molar-refractivity contribution is 9.10. The highest BCUT2D eigenvalue weighted by Crippen LogP contribution is 2.32. The lowest BCUT2D eigenvalue weighted by Gasteiger charge is -2.10. The minimum absolute atomic E-state index is 0.0951. The van der Waals surface area contributed by atoms with E-state index in [-0.39, 0.29) is 14.9 Å². The van der Waals surface area contributed by atoms with Crippen LogP contribution in [0.5, 0.6) is 0 Å². The Morgan fingerprint density at radius 1 is 1.40 bits per heavy atom. The molecule has 10 heteroatoms. The number of hydrogen-bond acceptors (Lipinski definition) is 5. The number of hydrogen-bond donors (Lipinski definition) is 1. The third-order valence-corrected chi connectivity index (χ3v) is 4.72. The van der Waals surface area contributed by atoms with Crippen LogP contribution < -0.4 is 4.72 Å². The molecule has 1 aromatic rings. The molecular formula is C10H7BrCl2N2O4S. The second-order valence-corrected chi connectivity index (χ2v) is 6.78. The first-order valence-corrected chi connectivity index (χ1v) is 7.98. The van der Waals surface area contributed by atoms with Gasteiger partial charge in [0.25, 0.3) is 0 Å². The zero-order valence-electron chi connectivity index (χ0n) is 9.69. The summed E-state index contributed by atoms with van der Waals surface area (Å²) in [4.78, 5) is 10.8. The summed E-state index contributed by atoms with van der Waals surface area (Å²) in [7, 11) is -4.08. The molecule has 0 aliphatic heterocycles. The van der Waals surface area contributed by atoms with Gasteiger partial charge in [-0.25, -0.2) is 8.42 Å². The van der Waals surface area contributed by atoms with E-state index in [0.717, 1.165) is 0 Å². The van der Waals surface area contributed by atoms with Crippen LogP contribution in [0.3, 0.4) is 0 Å². The highest BCUT2D eigenvalue weighted by atomic mass is 79.9. The summed E-state index contributed by atoms with van der Waals surface area (Å²) in [6.07, 6.45) is 0. The predicted octanol–water partition coefficient (Wildman–Crippen LogP) is 2.10. The van der Waals surface area contributed by atoms with Gasteiger partial charge in [0.2, 0.25) is 10.0 Å². The normalized spacial score (nSPS) is 10.9. The van der Waals surface area contributed by atoms with E-state index >= 15 is 0 Å². The first-order valence-electron chi connectivity index (χ1n) is 4.94. The Morgan fingerprint density at radius 2 is 1.95 bits per heavy atom. The van der Waals surface area contributed by atoms with Crippen molar-refractivity contribution in [1.29, 1.82) is 5.26 Å². The molecule has 0 heterocycles. The molecular weight excluding hydrogens is 395 g/mol. The van der Waals surface area contributed by atoms with Gasteiger partial charge in [0.05, 0.1) is 10.0 Å². The maximum absolute atomic E-state index is 12.0. The van der Waals surface area contributed by atoms with Gasteiger partial charge in [0.1, 0.15) is 17.5 Å². The zero-order chi connectivity index (χ0) is 15.3. The molecule has 0 radical (unpaired) electrons. The van der Waals surface area contributed by atoms with Gasteiger partial charge in [-0.1, -0.05) is 39.1 Å². The summed E-state index contributed by atoms with van der Waals surface area (Å²) < 4.78 is 30.9. The van der Waals surface area contributed by atoms with Crippen LogP contribution in [0.25, 0.3) is 0 Å². The van der Waals surface area contributed by atoms with Crippen LogP contribution in [-0.4, -0.2) is 27.5 Å². The molecule has 20 heavy (non-hydrogen) atoms. The molecule has 1 aromatic carbocycles. The average Bonchev–Trinajstić information content (AvgIpc) is 2.32. The summed E-state index contributed by atoms with van der Waals surface area (Å²) in [5, 5.41) is 8.02. The summed E-state index contributed by atoms with van der Waals surface area (Å²) in [6.45, 7) is -1.09. The smallest absolute Gasteiger partial charge is 0.322 e. The van der Waals surface area contributed by atoms with E-state index < -0.39 is 29.1 Å². The van der Waals surface area contributed by atoms with Crippen molar-refractivity contribution in [3.05, 3.63) is 26.7 Å². The second-order valence-electron chi connectivity index (χ2n) is 3.34. The fourth-order valence-corrected chi connectivity index (χ4v) is 4.08. The van der Waals surface area contributed by atoms with Crippen LogP contribution in [0.1, 0.15) is 0 Å². The SMILES string of the molecule is N#CCOC(=O)CNS(=O)(=O)c1c(Cl)cc(Br)cc1Cl. The number of ether oxygens (including phenoxy) is 1. The first kappa shape index (κ1) is 17.2. The predicted molar refractivity (Wildman–Crippen MR) is 75.9 cm³/mol. The molecule has 0 bridgehead atoms. The van der Waals surface area contributed by atoms with Crippen molar-refractivity contribution in [3.63, 3.8) is 0 Å². The van der Waals surface area contributed by atoms with Crippen LogP contribution in [0.2, 0.25) is 10.0 Å². The lowest BCUT2D eigenvalue weighted by Crippen LogP contribution is -2.31. The third kappa shape index (κ3) is 4.61. The topological polar surface area (TPSA) is 96.3 Å². The van der Waals surface area contributed by atoms with Crippen molar-refractivity contribution >= 4 is 55.1 Å². The van der Waals surface area contributed by atoms with Gasteiger partial charge in [0, 0.05) is 4.47 Å². The minimum atomic E-state index is -4.08. The minimum Gasteiger partial charge on any atom is -0.449 e. The van der Waals surface area contributed by atoms with Crippen molar-refractivity contribution in [2.75, 3.05) is 13.2 Å². The van der Waals surface area contributed by atoms with Crippen molar-refractivity contribution in [2.45, 2.75) is 4.90 Å². The summed E-state index contributed by atoms with van der Waals surface area (Å²) in [5.74, 6) is -0.889. The molecule has 0 fully saturated rings. The van der Waals surface area contributed by atoms with E-state index in [1.165, 1.54) is 12.1 Å². The fraction of sp³-hybridized carbons (Fsp3) is 0.200. The lowest BCUT2D eigenvalue weighted by molar-refractivity contribution is -0.140. The van der Waals surface area contributed by atoms with Crippen molar-refractivity contribution in [1.82, 2.24) is 4.72 Å². The summed E-state index contributed by atoms with van der Waals surface area (Å²) in [6, 6.07) is 4.30. The Labute approximate surface area is 133 Å². The molecule has 0 aliphatic rings. The van der Waals surface area contributed by atoms with Gasteiger partial charge in [0.15, 0.2) is 6.61 Å². The van der Waals surface area contributed by atoms with E-state index in [9.17, 15) is 13.2 Å². The Morgan fingerprint density at radius 3 is 2.45 bits per heavy atom. The lowest BCUT2D eigenvalue weighted by atomic mass is 10.4. The molecule has 0 aliphatic carbocycles. The standard InChI is InChI=1S/C10H7BrCl2N2O4S/c11-6-3-7(12)10(8(13)4-6)20(17,18)15-5-9(16)19-2-1-14/h3-4,15H,2,5H2. The number of sulfonamides is 1. The Balaban J connectivity index is 2.91. The Kier molecular flexibility index (Phi) is 6.23. The average molecular weight is 402 g/mol. The number of carbonyl (C=O) groups is 1. The molecule has 1 rings (SSSR count). The molecule has 1 N–H and O–H groups in total. The molecule has 0 saturated heterocycles. The highest BCUT2D eigenvalue weighted by Gasteiger charge is 2.23. The number of benzene rings is 1. The van der Waals surface area contributed by atoms with E-state index in [0.29, 0.717) is 4.47 Å². The van der Waals surface area contributed by atoms with Crippen LogP contribution >= 0.6 is 39.1 Å². The van der Waals surface area contributed by atoms with Crippen molar-refractivity contribution in [3.8, 4) is 6.07 Å². The monoisotopic (exact) mass is 400 g/mol. The molecule has 0 saturated carbocycles. The molecule has 6 nitrogen and oxygen atoms in total. The first-order chi connectivity index (χ1) is 9.27. The van der Waals surface area contributed by atoms with Crippen LogP contribution in [-0.2, 0) is 19.6 Å². The zero-order valence-corrected chi connectivity index (χ0v) is 13.6. The number of nitrogens with one attached hydrogen (secondary N) is 1. The van der Waals surface area contributed by atoms with Crippen molar-refractivity contribution in [2.24, 2.45) is 0 Å². The largest absolute Gasteiger partial charge is 0.449 e. The van der Waals surface area contributed by atoms with Gasteiger partial charge in [-0.2, -0.15) is 9.98 Å². The van der Waals surface area contributed by atoms with Gasteiger partial charge >= 0.3 is 5.97 Å². The Bertz CT molecular complexity index is 649. The molecule has 0 amide bonds. The maximum Gasteiger partial charge on any atom is 0.322 e. The van der Waals surface area contributed by atoms with Gasteiger partial charge in [-0.15, -0.1) is 0 Å². The number of halogens is 3. The summed E-state index contributed by atoms with van der Waals surface area (Å²) in [5.41, 5.74) is 0. The van der Waals surface area contributed by atoms with Crippen LogP contribution in [0.15, 0.2) is 21.5 Å². The second kappa shape index (κ2) is 7.24. The number of nitrogens with zero attached hydrogens (tertiary/aromatic N) is 1. The fourth-order valence-electron chi connectivity index (χ4n) is 1.18. The Hall–Kier alpha value is -0.850. The molecule has 0 aromatic heterocycles. The van der Waals surface area contributed by atoms with Gasteiger partial charge in [-0.3, -0.25) is 4.79 Å². The number of esters is 1. The third-order valence-electron chi connectivity index (χ3n) is 1.94. The van der Waals surface area contributed by atoms with E-state index in [1.54, 1.807) is 6.07 Å². The quantitative estimate of drug-likeness (QED) is 0.762. The number of carbonyl (C=O) groups excluding carboxylic acids is 1. The summed E-state index contributed by atoms with van der Waals surface area (Å²) >= 11 is 14.8. The molecule has 0 atom stereocenters. The molecule has 0 unspecified atom stereocenters. The van der Waals surface area contributed by atoms with Crippen LogP contribution in [0, 0.1) is 11.3 Å². The van der Waals surface area contributed by atoms with E-state index in [2.05, 4.69) is 20.7 Å². The van der Waals surface area contributed by atoms with Crippen LogP contribution in [0.4, 0.5) is 0 Å². The number of rotatable bonds is 5. The maximum atomic E-state index is 12.0. The van der Waals surface area contributed by atoms with E-state index in [4.69, 9.17) is 28.5 Å². The van der Waals surface area contributed by atoms with Crippen molar-refractivity contribution < 1.29 is 17.9 Å². The molecule has 108 valence electrons. The van der Waals surface area contributed by atoms with Gasteiger partial charge in [-0.05, 0) is 12.1 Å². The van der Waals surface area contributed by atoms with E-state index in [1.807, 2.05) is 4.72 Å². The number of nitriles is 1. The van der Waals surface area contributed by atoms with Gasteiger partial charge < -0.3 is 4.74 Å².